The first-order chi connectivity index (χ1) is 9.93. The molecule has 0 saturated heterocycles. The number of nitrogens with zero attached hydrogens (tertiary/aromatic N) is 1. The summed E-state index contributed by atoms with van der Waals surface area (Å²) in [4.78, 5) is 0. The van der Waals surface area contributed by atoms with Gasteiger partial charge in [0.25, 0.3) is 0 Å². The Morgan fingerprint density at radius 3 is 2.33 bits per heavy atom. The maximum absolute atomic E-state index is 13.3. The van der Waals surface area contributed by atoms with Crippen LogP contribution in [0.4, 0.5) is 13.2 Å². The van der Waals surface area contributed by atoms with E-state index in [-0.39, 0.29) is 24.8 Å². The van der Waals surface area contributed by atoms with Crippen LogP contribution < -0.4 is 0 Å². The average molecular weight is 338 g/mol. The van der Waals surface area contributed by atoms with Gasteiger partial charge in [-0.3, -0.25) is 0 Å². The Balaban J connectivity index is 2.39. The Morgan fingerprint density at radius 1 is 1.10 bits per heavy atom. The molecule has 2 aromatic rings. The van der Waals surface area contributed by atoms with Crippen molar-refractivity contribution >= 4 is 23.2 Å². The minimum absolute atomic E-state index is 0.0913. The molecule has 0 aliphatic carbocycles. The average Bonchev–Trinajstić information content (AvgIpc) is 2.84. The van der Waals surface area contributed by atoms with Crippen LogP contribution in [-0.4, -0.2) is 17.1 Å². The van der Waals surface area contributed by atoms with Crippen LogP contribution in [0, 0.1) is 0 Å². The third kappa shape index (κ3) is 3.93. The number of benzene rings is 1. The second kappa shape index (κ2) is 6.73. The molecule has 0 amide bonds. The third-order valence-corrected chi connectivity index (χ3v) is 3.25. The number of hydrogen-bond acceptors (Lipinski definition) is 1. The topological polar surface area (TPSA) is 14.2 Å². The molecule has 0 atom stereocenters. The van der Waals surface area contributed by atoms with Crippen molar-refractivity contribution in [3.8, 4) is 11.1 Å². The van der Waals surface area contributed by atoms with Crippen LogP contribution in [-0.2, 0) is 17.6 Å². The minimum atomic E-state index is -4.48. The summed E-state index contributed by atoms with van der Waals surface area (Å²) in [6, 6.07) is 7.63. The fraction of sp³-hybridized carbons (Fsp3) is 0.286. The zero-order valence-corrected chi connectivity index (χ0v) is 12.3. The number of halogens is 5. The van der Waals surface area contributed by atoms with E-state index in [0.717, 1.165) is 4.57 Å². The van der Waals surface area contributed by atoms with Gasteiger partial charge in [-0.25, -0.2) is 0 Å². The molecule has 2 rings (SSSR count). The zero-order chi connectivity index (χ0) is 15.5. The van der Waals surface area contributed by atoms with Crippen LogP contribution >= 0.6 is 23.2 Å². The van der Waals surface area contributed by atoms with Crippen molar-refractivity contribution in [1.82, 2.24) is 4.57 Å². The van der Waals surface area contributed by atoms with E-state index in [1.54, 1.807) is 24.3 Å². The Labute approximate surface area is 130 Å². The molecule has 2 nitrogen and oxygen atoms in total. The van der Waals surface area contributed by atoms with Crippen LogP contribution in [0.2, 0.25) is 5.02 Å². The number of aromatic nitrogens is 1. The molecular formula is C14H12Cl2F3NO. The summed E-state index contributed by atoms with van der Waals surface area (Å²) in [6.07, 6.45) is -3.14. The van der Waals surface area contributed by atoms with Crippen molar-refractivity contribution in [2.45, 2.75) is 12.9 Å². The second-order valence-corrected chi connectivity index (χ2v) is 5.09. The fourth-order valence-electron chi connectivity index (χ4n) is 1.98. The predicted octanol–water partition coefficient (Wildman–Crippen LogP) is 5.04. The van der Waals surface area contributed by atoms with E-state index in [9.17, 15) is 13.2 Å². The second-order valence-electron chi connectivity index (χ2n) is 4.28. The summed E-state index contributed by atoms with van der Waals surface area (Å²) in [7, 11) is 0. The summed E-state index contributed by atoms with van der Waals surface area (Å²) in [5, 5.41) is 0.470. The zero-order valence-electron chi connectivity index (χ0n) is 10.8. The molecular weight excluding hydrogens is 326 g/mol. The van der Waals surface area contributed by atoms with E-state index in [1.807, 2.05) is 0 Å². The van der Waals surface area contributed by atoms with Crippen molar-refractivity contribution in [3.63, 3.8) is 0 Å². The fourth-order valence-corrected chi connectivity index (χ4v) is 2.21. The maximum atomic E-state index is 13.3. The van der Waals surface area contributed by atoms with Gasteiger partial charge in [0.15, 0.2) is 0 Å². The molecule has 1 heterocycles. The number of ether oxygens (including phenoxy) is 1. The van der Waals surface area contributed by atoms with Gasteiger partial charge in [0, 0.05) is 22.7 Å². The van der Waals surface area contributed by atoms with Gasteiger partial charge in [-0.1, -0.05) is 23.7 Å². The molecule has 1 aromatic heterocycles. The lowest BCUT2D eigenvalue weighted by atomic mass is 10.1. The molecule has 0 fully saturated rings. The molecule has 0 bridgehead atoms. The van der Waals surface area contributed by atoms with Gasteiger partial charge in [0.05, 0.1) is 6.61 Å². The first-order valence-corrected chi connectivity index (χ1v) is 7.00. The molecule has 0 radical (unpaired) electrons. The molecule has 0 unspecified atom stereocenters. The Morgan fingerprint density at radius 2 is 1.76 bits per heavy atom. The lowest BCUT2D eigenvalue weighted by Gasteiger charge is -2.14. The van der Waals surface area contributed by atoms with Gasteiger partial charge in [-0.05, 0) is 23.8 Å². The van der Waals surface area contributed by atoms with E-state index in [1.165, 1.54) is 12.3 Å². The molecule has 0 saturated carbocycles. The summed E-state index contributed by atoms with van der Waals surface area (Å²) >= 11 is 11.2. The highest BCUT2D eigenvalue weighted by molar-refractivity contribution is 6.30. The van der Waals surface area contributed by atoms with Crippen molar-refractivity contribution < 1.29 is 17.9 Å². The van der Waals surface area contributed by atoms with Crippen LogP contribution in [0.3, 0.4) is 0 Å². The molecule has 0 spiro atoms. The molecule has 21 heavy (non-hydrogen) atoms. The van der Waals surface area contributed by atoms with Crippen molar-refractivity contribution in [3.05, 3.63) is 47.2 Å². The summed E-state index contributed by atoms with van der Waals surface area (Å²) in [5.74, 6) is 0.229. The summed E-state index contributed by atoms with van der Waals surface area (Å²) in [5.41, 5.74) is -0.212. The molecule has 114 valence electrons. The van der Waals surface area contributed by atoms with Crippen molar-refractivity contribution in [1.29, 1.82) is 0 Å². The highest BCUT2D eigenvalue weighted by Crippen LogP contribution is 2.38. The maximum Gasteiger partial charge on any atom is 0.432 e. The van der Waals surface area contributed by atoms with E-state index in [2.05, 4.69) is 0 Å². The first kappa shape index (κ1) is 16.2. The van der Waals surface area contributed by atoms with Crippen LogP contribution in [0.25, 0.3) is 11.1 Å². The molecule has 0 aliphatic rings. The summed E-state index contributed by atoms with van der Waals surface area (Å²) in [6.45, 7) is -0.0114. The lowest BCUT2D eigenvalue weighted by molar-refractivity contribution is -0.145. The van der Waals surface area contributed by atoms with E-state index >= 15 is 0 Å². The van der Waals surface area contributed by atoms with Gasteiger partial charge < -0.3 is 9.30 Å². The normalized spacial score (nSPS) is 11.9. The highest BCUT2D eigenvalue weighted by atomic mass is 35.5. The van der Waals surface area contributed by atoms with Crippen LogP contribution in [0.15, 0.2) is 36.5 Å². The van der Waals surface area contributed by atoms with Crippen LogP contribution in [0.1, 0.15) is 5.69 Å². The standard InChI is InChI=1S/C14H12Cl2F3NO/c15-6-8-21-9-20-7-5-12(13(20)14(17,18)19)10-1-3-11(16)4-2-10/h1-5,7H,6,8-9H2. The molecule has 7 heteroatoms. The minimum Gasteiger partial charge on any atom is -0.360 e. The molecule has 1 aromatic carbocycles. The Bertz CT molecular complexity index is 593. The van der Waals surface area contributed by atoms with E-state index in [4.69, 9.17) is 27.9 Å². The van der Waals surface area contributed by atoms with Gasteiger partial charge in [0.1, 0.15) is 12.4 Å². The number of alkyl halides is 4. The third-order valence-electron chi connectivity index (χ3n) is 2.84. The van der Waals surface area contributed by atoms with E-state index in [0.29, 0.717) is 10.6 Å². The molecule has 0 aliphatic heterocycles. The Hall–Kier alpha value is -1.17. The van der Waals surface area contributed by atoms with Crippen LogP contribution in [0.5, 0.6) is 0 Å². The quantitative estimate of drug-likeness (QED) is 0.550. The summed E-state index contributed by atoms with van der Waals surface area (Å²) < 4.78 is 46.0. The first-order valence-electron chi connectivity index (χ1n) is 6.09. The van der Waals surface area contributed by atoms with Gasteiger partial charge >= 0.3 is 6.18 Å². The molecule has 0 N–H and O–H groups in total. The Kier molecular flexibility index (Phi) is 5.19. The number of hydrogen-bond donors (Lipinski definition) is 0. The van der Waals surface area contributed by atoms with Gasteiger partial charge in [-0.2, -0.15) is 13.2 Å². The SMILES string of the molecule is FC(F)(F)c1c(-c2ccc(Cl)cc2)ccn1COCCCl. The monoisotopic (exact) mass is 337 g/mol. The van der Waals surface area contributed by atoms with E-state index < -0.39 is 11.9 Å². The van der Waals surface area contributed by atoms with Gasteiger partial charge in [-0.15, -0.1) is 11.6 Å². The number of rotatable bonds is 5. The smallest absolute Gasteiger partial charge is 0.360 e. The van der Waals surface area contributed by atoms with Crippen molar-refractivity contribution in [2.24, 2.45) is 0 Å². The lowest BCUT2D eigenvalue weighted by Crippen LogP contribution is -2.16. The highest BCUT2D eigenvalue weighted by Gasteiger charge is 2.37. The van der Waals surface area contributed by atoms with Crippen molar-refractivity contribution in [2.75, 3.05) is 12.5 Å². The predicted molar refractivity (Wildman–Crippen MR) is 76.6 cm³/mol. The largest absolute Gasteiger partial charge is 0.432 e. The van der Waals surface area contributed by atoms with Gasteiger partial charge in [0.2, 0.25) is 0 Å².